The van der Waals surface area contributed by atoms with Crippen molar-refractivity contribution >= 4 is 5.97 Å². The quantitative estimate of drug-likeness (QED) is 0.138. The number of hydrogen-bond acceptors (Lipinski definition) is 15. The molecule has 20 atom stereocenters. The van der Waals surface area contributed by atoms with Crippen LogP contribution in [0.3, 0.4) is 0 Å². The molecule has 1 aliphatic carbocycles. The molecule has 7 aliphatic rings. The predicted octanol–water partition coefficient (Wildman–Crippen LogP) is 6.10. The van der Waals surface area contributed by atoms with E-state index in [2.05, 4.69) is 39.8 Å². The first-order valence-corrected chi connectivity index (χ1v) is 23.9. The van der Waals surface area contributed by atoms with Gasteiger partial charge in [0.1, 0.15) is 35.9 Å². The lowest BCUT2D eigenvalue weighted by Gasteiger charge is -2.51. The lowest BCUT2D eigenvalue weighted by atomic mass is 9.71. The fraction of sp³-hybridized carbons (Fsp3) is 0.780. The molecular formula is C50H77NO14. The van der Waals surface area contributed by atoms with Gasteiger partial charge in [-0.05, 0) is 69.8 Å². The zero-order valence-electron chi connectivity index (χ0n) is 40.6. The van der Waals surface area contributed by atoms with Gasteiger partial charge in [-0.3, -0.25) is 4.79 Å². The van der Waals surface area contributed by atoms with Crippen LogP contribution in [-0.4, -0.2) is 151 Å². The molecule has 6 aliphatic heterocycles. The number of aliphatic hydroxyl groups is 2. The molecule has 7 rings (SSSR count). The summed E-state index contributed by atoms with van der Waals surface area (Å²) in [5.41, 5.74) is -0.654. The molecule has 0 aromatic carbocycles. The molecule has 4 fully saturated rings. The highest BCUT2D eigenvalue weighted by Gasteiger charge is 2.60. The molecule has 15 nitrogen and oxygen atoms in total. The number of nitrogens with zero attached hydrogens (tertiary/aromatic N) is 1. The van der Waals surface area contributed by atoms with Gasteiger partial charge in [0, 0.05) is 58.8 Å². The van der Waals surface area contributed by atoms with Crippen molar-refractivity contribution in [2.75, 3.05) is 27.9 Å². The summed E-state index contributed by atoms with van der Waals surface area (Å²) >= 11 is 0. The van der Waals surface area contributed by atoms with E-state index in [0.29, 0.717) is 43.3 Å². The number of carbonyl (C=O) groups is 1. The van der Waals surface area contributed by atoms with Crippen molar-refractivity contribution in [2.45, 2.75) is 197 Å². The molecule has 0 amide bonds. The third kappa shape index (κ3) is 9.93. The largest absolute Gasteiger partial charge is 0.462 e. The highest BCUT2D eigenvalue weighted by atomic mass is 16.7. The van der Waals surface area contributed by atoms with Crippen molar-refractivity contribution < 1.29 is 67.6 Å². The van der Waals surface area contributed by atoms with Crippen LogP contribution in [-0.2, 0) is 52.2 Å². The Hall–Kier alpha value is -2.35. The molecule has 0 radical (unpaired) electrons. The topological polar surface area (TPSA) is 173 Å². The van der Waals surface area contributed by atoms with Crippen LogP contribution in [0.2, 0.25) is 0 Å². The summed E-state index contributed by atoms with van der Waals surface area (Å²) in [5.74, 6) is -2.59. The van der Waals surface area contributed by atoms with Crippen LogP contribution in [0.5, 0.6) is 0 Å². The van der Waals surface area contributed by atoms with E-state index >= 15 is 0 Å². The molecule has 2 unspecified atom stereocenters. The van der Waals surface area contributed by atoms with Crippen molar-refractivity contribution in [1.29, 1.82) is 0 Å². The molecule has 4 saturated heterocycles. The first-order chi connectivity index (χ1) is 30.8. The van der Waals surface area contributed by atoms with Crippen molar-refractivity contribution in [3.8, 4) is 0 Å². The zero-order chi connectivity index (χ0) is 47.2. The second kappa shape index (κ2) is 20.3. The molecule has 366 valence electrons. The molecule has 0 aromatic rings. The first-order valence-electron chi connectivity index (χ1n) is 23.9. The maximum Gasteiger partial charge on any atom is 0.316 e. The van der Waals surface area contributed by atoms with E-state index in [1.165, 1.54) is 0 Å². The number of hydroxylamine groups is 2. The molecule has 1 spiro atoms. The van der Waals surface area contributed by atoms with E-state index in [4.69, 9.17) is 47.4 Å². The average Bonchev–Trinajstić information content (AvgIpc) is 3.61. The predicted molar refractivity (Wildman–Crippen MR) is 239 cm³/mol. The first kappa shape index (κ1) is 50.5. The lowest BCUT2D eigenvalue weighted by molar-refractivity contribution is -0.337. The summed E-state index contributed by atoms with van der Waals surface area (Å²) in [7, 11) is 4.88. The number of ether oxygens (including phenoxy) is 10. The van der Waals surface area contributed by atoms with Crippen molar-refractivity contribution in [2.24, 2.45) is 23.7 Å². The summed E-state index contributed by atoms with van der Waals surface area (Å²) in [6.07, 6.45) is 9.36. The van der Waals surface area contributed by atoms with Crippen LogP contribution in [0, 0.1) is 23.7 Å². The van der Waals surface area contributed by atoms with E-state index in [9.17, 15) is 20.2 Å². The average molecular weight is 916 g/mol. The monoisotopic (exact) mass is 916 g/mol. The minimum atomic E-state index is -1.84. The van der Waals surface area contributed by atoms with Crippen LogP contribution < -0.4 is 0 Å². The van der Waals surface area contributed by atoms with Gasteiger partial charge in [-0.2, -0.15) is 5.06 Å². The van der Waals surface area contributed by atoms with E-state index in [1.54, 1.807) is 40.3 Å². The van der Waals surface area contributed by atoms with Crippen LogP contribution >= 0.6 is 0 Å². The molecule has 65 heavy (non-hydrogen) atoms. The lowest BCUT2D eigenvalue weighted by Crippen LogP contribution is -2.65. The highest BCUT2D eigenvalue weighted by molar-refractivity contribution is 5.78. The van der Waals surface area contributed by atoms with Crippen LogP contribution in [0.1, 0.15) is 101 Å². The fourth-order valence-corrected chi connectivity index (χ4v) is 11.2. The summed E-state index contributed by atoms with van der Waals surface area (Å²) < 4.78 is 64.6. The zero-order valence-corrected chi connectivity index (χ0v) is 40.6. The van der Waals surface area contributed by atoms with Crippen LogP contribution in [0.4, 0.5) is 0 Å². The standard InChI is InChI=1S/C50H77NO14/c1-13-27(2)44-30(5)19-20-49(65-44)25-36-22-35(64-49)18-17-29(4)43(28(3)15-14-16-34-26-58-46-42(52)31(6)21-37(47(53)61-36)50(34,46)54)62-40-23-38(56-11)45(32(7)59-40)63-41-24-39(57-12)48(9,51(10)55)33(8)60-41/h14-17,19-21,27-28,30,32-33,35-46,52,54-55H,13,18,22-26H2,1-12H3/b15-14+,29-17+,34-16+/t27?,28?,30-,32-,33-,35+,36-,37-,38-,39-,40-,41-,42+,43-,44+,45-,46+,48+,49+,50+/m0/s1. The summed E-state index contributed by atoms with van der Waals surface area (Å²) in [4.78, 5) is 14.4. The number of hydrogen-bond donors (Lipinski definition) is 3. The fourth-order valence-electron chi connectivity index (χ4n) is 11.2. The Bertz CT molecular complexity index is 1830. The van der Waals surface area contributed by atoms with Gasteiger partial charge in [-0.1, -0.05) is 70.6 Å². The summed E-state index contributed by atoms with van der Waals surface area (Å²) in [5, 5.41) is 35.5. The van der Waals surface area contributed by atoms with E-state index < -0.39 is 96.3 Å². The molecule has 0 saturated carbocycles. The van der Waals surface area contributed by atoms with Gasteiger partial charge < -0.3 is 62.8 Å². The van der Waals surface area contributed by atoms with E-state index in [1.807, 2.05) is 45.9 Å². The summed E-state index contributed by atoms with van der Waals surface area (Å²) in [6.45, 7) is 18.1. The molecule has 15 heteroatoms. The maximum absolute atomic E-state index is 14.4. The Kier molecular flexibility index (Phi) is 15.8. The number of aliphatic hydroxyl groups excluding tert-OH is 1. The third-order valence-electron chi connectivity index (χ3n) is 15.8. The molecule has 6 heterocycles. The van der Waals surface area contributed by atoms with Gasteiger partial charge in [0.15, 0.2) is 18.4 Å². The van der Waals surface area contributed by atoms with Crippen molar-refractivity contribution in [3.05, 3.63) is 59.3 Å². The van der Waals surface area contributed by atoms with Gasteiger partial charge in [0.2, 0.25) is 0 Å². The number of likely N-dealkylation sites (N-methyl/N-ethyl adjacent to an activating group) is 1. The number of methoxy groups -OCH3 is 2. The van der Waals surface area contributed by atoms with Gasteiger partial charge in [0.05, 0.1) is 54.9 Å². The number of carbonyl (C=O) groups excluding carboxylic acids is 1. The minimum Gasteiger partial charge on any atom is -0.462 e. The summed E-state index contributed by atoms with van der Waals surface area (Å²) in [6, 6.07) is 0. The second-order valence-corrected chi connectivity index (χ2v) is 20.1. The number of fused-ring (bicyclic) bond motifs is 2. The van der Waals surface area contributed by atoms with Gasteiger partial charge >= 0.3 is 5.97 Å². The Morgan fingerprint density at radius 2 is 1.69 bits per heavy atom. The number of allylic oxidation sites excluding steroid dienone is 2. The smallest absolute Gasteiger partial charge is 0.316 e. The molecule has 2 bridgehead atoms. The number of esters is 1. The second-order valence-electron chi connectivity index (χ2n) is 20.1. The van der Waals surface area contributed by atoms with Gasteiger partial charge in [-0.15, -0.1) is 0 Å². The SMILES string of the molecule is CCC(C)[C@H]1O[C@]2(C=C[C@@H]1C)C[C@@H]1C[C@@H](C/C=C(\C)[C@@H](O[C@H]3C[C@H](OC)[C@@H](O[C@H]4C[C@H](OC)[C@](C)(N(C)O)[C@H](C)O4)[C@H](C)O3)C(C)/C=C/C=C3\CO[C@@H]4[C@H](O)C(C)=C[C@@H](C(=O)O1)[C@]34O)O2. The van der Waals surface area contributed by atoms with Crippen molar-refractivity contribution in [1.82, 2.24) is 5.06 Å². The Morgan fingerprint density at radius 1 is 0.954 bits per heavy atom. The number of rotatable bonds is 9. The van der Waals surface area contributed by atoms with E-state index in [0.717, 1.165) is 17.1 Å². The van der Waals surface area contributed by atoms with Gasteiger partial charge in [0.25, 0.3) is 0 Å². The molecular weight excluding hydrogens is 839 g/mol. The molecule has 3 N–H and O–H groups in total. The molecule has 0 aromatic heterocycles. The van der Waals surface area contributed by atoms with Crippen molar-refractivity contribution in [3.63, 3.8) is 0 Å². The Morgan fingerprint density at radius 3 is 2.38 bits per heavy atom. The van der Waals surface area contributed by atoms with E-state index in [-0.39, 0.29) is 36.6 Å². The van der Waals surface area contributed by atoms with Crippen LogP contribution in [0.15, 0.2) is 59.3 Å². The third-order valence-corrected chi connectivity index (χ3v) is 15.8. The highest BCUT2D eigenvalue weighted by Crippen LogP contribution is 2.47. The Balaban J connectivity index is 1.17. The van der Waals surface area contributed by atoms with Crippen LogP contribution in [0.25, 0.3) is 0 Å². The minimum absolute atomic E-state index is 0.0289. The Labute approximate surface area is 386 Å². The maximum atomic E-state index is 14.4. The normalized spacial score (nSPS) is 48.7. The van der Waals surface area contributed by atoms with Gasteiger partial charge in [-0.25, -0.2) is 0 Å².